The number of carbonyl (C=O) groups excluding carboxylic acids is 1. The molecule has 0 saturated heterocycles. The van der Waals surface area contributed by atoms with Gasteiger partial charge in [0.05, 0.1) is 11.2 Å². The van der Waals surface area contributed by atoms with E-state index in [1.54, 1.807) is 0 Å². The van der Waals surface area contributed by atoms with Crippen LogP contribution in [0.4, 0.5) is 22.0 Å². The van der Waals surface area contributed by atoms with Crippen LogP contribution in [0.2, 0.25) is 0 Å². The Morgan fingerprint density at radius 3 is 2.27 bits per heavy atom. The molecule has 1 aliphatic carbocycles. The Morgan fingerprint density at radius 1 is 0.970 bits per heavy atom. The number of carbonyl (C=O) groups is 1. The number of pyridine rings is 1. The second-order valence-electron chi connectivity index (χ2n) is 8.47. The van der Waals surface area contributed by atoms with Gasteiger partial charge < -0.3 is 20.9 Å². The molecule has 0 atom stereocenters. The molecule has 0 unspecified atom stereocenters. The summed E-state index contributed by atoms with van der Waals surface area (Å²) in [7, 11) is 4.11. The Balaban J connectivity index is 1.34. The molecule has 4 rings (SSSR count). The highest BCUT2D eigenvalue weighted by Gasteiger charge is 2.23. The summed E-state index contributed by atoms with van der Waals surface area (Å²) in [6, 6.07) is 14.4. The van der Waals surface area contributed by atoms with E-state index < -0.39 is 0 Å². The second kappa shape index (κ2) is 10.6. The minimum atomic E-state index is -0.193. The van der Waals surface area contributed by atoms with Gasteiger partial charge in [-0.2, -0.15) is 0 Å². The molecule has 33 heavy (non-hydrogen) atoms. The van der Waals surface area contributed by atoms with Gasteiger partial charge in [0, 0.05) is 56.7 Å². The third kappa shape index (κ3) is 6.00. The van der Waals surface area contributed by atoms with Crippen molar-refractivity contribution in [1.82, 2.24) is 10.3 Å². The first-order valence-corrected chi connectivity index (χ1v) is 13.2. The van der Waals surface area contributed by atoms with Gasteiger partial charge in [0.2, 0.25) is 0 Å². The number of urea groups is 1. The molecular weight excluding hydrogens is 614 g/mol. The first-order valence-electron chi connectivity index (χ1n) is 10.9. The van der Waals surface area contributed by atoms with Gasteiger partial charge in [0.1, 0.15) is 5.82 Å². The topological polar surface area (TPSA) is 69.3 Å². The standard InChI is InChI=1S/C24H26Br3N5O/c1-32(2)21-13-22(30-20-6-4-3-5-17(20)21)28-15-7-9-16(10-8-15)29-24(33)31-23-18(26)11-14(25)12-19(23)27/h3-6,11-13,15-16H,7-10H2,1-2H3,(H,28,30)(H2,29,31,33). The van der Waals surface area contributed by atoms with Gasteiger partial charge >= 0.3 is 6.03 Å². The van der Waals surface area contributed by atoms with Gasteiger partial charge in [-0.05, 0) is 75.7 Å². The Hall–Kier alpha value is -1.84. The Bertz CT molecular complexity index is 1140. The summed E-state index contributed by atoms with van der Waals surface area (Å²) in [5, 5.41) is 10.8. The van der Waals surface area contributed by atoms with E-state index >= 15 is 0 Å². The van der Waals surface area contributed by atoms with E-state index in [-0.39, 0.29) is 12.1 Å². The van der Waals surface area contributed by atoms with Gasteiger partial charge in [-0.15, -0.1) is 0 Å². The van der Waals surface area contributed by atoms with Crippen molar-refractivity contribution >= 4 is 81.9 Å². The molecule has 6 nitrogen and oxygen atoms in total. The maximum absolute atomic E-state index is 12.6. The van der Waals surface area contributed by atoms with Crippen molar-refractivity contribution in [1.29, 1.82) is 0 Å². The number of amides is 2. The SMILES string of the molecule is CN(C)c1cc(NC2CCC(NC(=O)Nc3c(Br)cc(Br)cc3Br)CC2)nc2ccccc12. The molecule has 1 saturated carbocycles. The summed E-state index contributed by atoms with van der Waals surface area (Å²) in [5.74, 6) is 0.900. The number of aromatic nitrogens is 1. The van der Waals surface area contributed by atoms with Crippen LogP contribution in [0.5, 0.6) is 0 Å². The highest BCUT2D eigenvalue weighted by atomic mass is 79.9. The van der Waals surface area contributed by atoms with Gasteiger partial charge in [-0.1, -0.05) is 34.1 Å². The van der Waals surface area contributed by atoms with Crippen molar-refractivity contribution in [3.63, 3.8) is 0 Å². The molecule has 0 aliphatic heterocycles. The van der Waals surface area contributed by atoms with Crippen molar-refractivity contribution in [3.05, 3.63) is 55.9 Å². The molecule has 1 aromatic heterocycles. The molecule has 3 N–H and O–H groups in total. The van der Waals surface area contributed by atoms with Crippen LogP contribution in [0.15, 0.2) is 55.9 Å². The van der Waals surface area contributed by atoms with Crippen LogP contribution in [0.1, 0.15) is 25.7 Å². The van der Waals surface area contributed by atoms with E-state index in [0.29, 0.717) is 11.7 Å². The minimum absolute atomic E-state index is 0.151. The van der Waals surface area contributed by atoms with Crippen molar-refractivity contribution in [2.75, 3.05) is 29.6 Å². The number of nitrogens with one attached hydrogen (secondary N) is 3. The van der Waals surface area contributed by atoms with E-state index in [9.17, 15) is 4.79 Å². The Morgan fingerprint density at radius 2 is 1.61 bits per heavy atom. The first-order chi connectivity index (χ1) is 15.8. The quantitative estimate of drug-likeness (QED) is 0.278. The van der Waals surface area contributed by atoms with Gasteiger partial charge in [0.25, 0.3) is 0 Å². The van der Waals surface area contributed by atoms with E-state index in [1.165, 1.54) is 0 Å². The molecule has 1 heterocycles. The minimum Gasteiger partial charge on any atom is -0.377 e. The van der Waals surface area contributed by atoms with Crippen LogP contribution in [-0.2, 0) is 0 Å². The Kier molecular flexibility index (Phi) is 7.81. The lowest BCUT2D eigenvalue weighted by Crippen LogP contribution is -2.42. The average Bonchev–Trinajstić information content (AvgIpc) is 2.77. The number of nitrogens with zero attached hydrogens (tertiary/aromatic N) is 2. The fourth-order valence-corrected chi connectivity index (χ4v) is 6.65. The normalized spacial score (nSPS) is 18.1. The second-order valence-corrected chi connectivity index (χ2v) is 11.1. The molecule has 1 fully saturated rings. The molecule has 0 radical (unpaired) electrons. The summed E-state index contributed by atoms with van der Waals surface area (Å²) in [6.45, 7) is 0. The molecule has 1 aliphatic rings. The number of fused-ring (bicyclic) bond motifs is 1. The van der Waals surface area contributed by atoms with Crippen LogP contribution in [-0.4, -0.2) is 37.2 Å². The van der Waals surface area contributed by atoms with Crippen LogP contribution in [0, 0.1) is 0 Å². The fraction of sp³-hybridized carbons (Fsp3) is 0.333. The number of hydrogen-bond acceptors (Lipinski definition) is 4. The third-order valence-electron chi connectivity index (χ3n) is 5.84. The van der Waals surface area contributed by atoms with E-state index in [1.807, 2.05) is 24.3 Å². The maximum atomic E-state index is 12.6. The van der Waals surface area contributed by atoms with E-state index in [4.69, 9.17) is 4.98 Å². The van der Waals surface area contributed by atoms with Crippen molar-refractivity contribution < 1.29 is 4.79 Å². The molecule has 0 bridgehead atoms. The van der Waals surface area contributed by atoms with Crippen LogP contribution in [0.25, 0.3) is 10.9 Å². The molecular formula is C24H26Br3N5O. The lowest BCUT2D eigenvalue weighted by molar-refractivity contribution is 0.243. The zero-order chi connectivity index (χ0) is 23.5. The number of rotatable bonds is 5. The zero-order valence-electron chi connectivity index (χ0n) is 18.5. The number of para-hydroxylation sites is 1. The van der Waals surface area contributed by atoms with Gasteiger partial charge in [-0.25, -0.2) is 9.78 Å². The lowest BCUT2D eigenvalue weighted by atomic mass is 9.91. The highest BCUT2D eigenvalue weighted by Crippen LogP contribution is 2.34. The van der Waals surface area contributed by atoms with E-state index in [0.717, 1.165) is 61.5 Å². The summed E-state index contributed by atoms with van der Waals surface area (Å²) in [6.07, 6.45) is 3.79. The van der Waals surface area contributed by atoms with Crippen LogP contribution < -0.4 is 20.9 Å². The molecule has 3 aromatic rings. The summed E-state index contributed by atoms with van der Waals surface area (Å²) in [4.78, 5) is 19.5. The lowest BCUT2D eigenvalue weighted by Gasteiger charge is -2.30. The maximum Gasteiger partial charge on any atom is 0.319 e. The molecule has 2 amide bonds. The molecule has 174 valence electrons. The first kappa shape index (κ1) is 24.3. The monoisotopic (exact) mass is 637 g/mol. The van der Waals surface area contributed by atoms with Gasteiger partial charge in [0.15, 0.2) is 0 Å². The number of benzene rings is 2. The van der Waals surface area contributed by atoms with Crippen LogP contribution in [0.3, 0.4) is 0 Å². The number of anilines is 3. The zero-order valence-corrected chi connectivity index (χ0v) is 23.2. The van der Waals surface area contributed by atoms with Gasteiger partial charge in [-0.3, -0.25) is 0 Å². The number of halogens is 3. The summed E-state index contributed by atoms with van der Waals surface area (Å²) in [5.41, 5.74) is 2.86. The largest absolute Gasteiger partial charge is 0.377 e. The predicted molar refractivity (Wildman–Crippen MR) is 147 cm³/mol. The molecule has 0 spiro atoms. The Labute approximate surface area is 219 Å². The summed E-state index contributed by atoms with van der Waals surface area (Å²) < 4.78 is 2.55. The van der Waals surface area contributed by atoms with E-state index in [2.05, 4.69) is 101 Å². The predicted octanol–water partition coefficient (Wildman–Crippen LogP) is 7.13. The van der Waals surface area contributed by atoms with Crippen molar-refractivity contribution in [2.45, 2.75) is 37.8 Å². The average molecular weight is 640 g/mol. The van der Waals surface area contributed by atoms with Crippen molar-refractivity contribution in [2.24, 2.45) is 0 Å². The highest BCUT2D eigenvalue weighted by molar-refractivity contribution is 9.11. The smallest absolute Gasteiger partial charge is 0.319 e. The molecule has 2 aromatic carbocycles. The summed E-state index contributed by atoms with van der Waals surface area (Å²) >= 11 is 10.4. The molecule has 9 heteroatoms. The van der Waals surface area contributed by atoms with Crippen molar-refractivity contribution in [3.8, 4) is 0 Å². The van der Waals surface area contributed by atoms with Crippen LogP contribution >= 0.6 is 47.8 Å². The fourth-order valence-electron chi connectivity index (χ4n) is 4.19. The third-order valence-corrected chi connectivity index (χ3v) is 7.54. The number of hydrogen-bond donors (Lipinski definition) is 3.